The van der Waals surface area contributed by atoms with Gasteiger partial charge in [0.1, 0.15) is 5.82 Å². The van der Waals surface area contributed by atoms with E-state index >= 15 is 0 Å². The Morgan fingerprint density at radius 3 is 2.50 bits per heavy atom. The maximum Gasteiger partial charge on any atom is 0.143 e. The Labute approximate surface area is 101 Å². The van der Waals surface area contributed by atoms with Crippen LogP contribution in [0, 0.1) is 5.82 Å². The molecule has 16 heavy (non-hydrogen) atoms. The second kappa shape index (κ2) is 5.51. The molecule has 0 spiro atoms. The molecule has 0 aliphatic heterocycles. The molecule has 0 amide bonds. The lowest BCUT2D eigenvalue weighted by molar-refractivity contribution is 0.435. The van der Waals surface area contributed by atoms with Gasteiger partial charge in [-0.05, 0) is 39.0 Å². The van der Waals surface area contributed by atoms with E-state index in [9.17, 15) is 4.39 Å². The first-order valence-corrected chi connectivity index (χ1v) is 5.70. The van der Waals surface area contributed by atoms with Crippen molar-refractivity contribution in [3.05, 3.63) is 29.0 Å². The largest absolute Gasteiger partial charge is 0.384 e. The Morgan fingerprint density at radius 1 is 1.25 bits per heavy atom. The van der Waals surface area contributed by atoms with Gasteiger partial charge in [0.2, 0.25) is 0 Å². The van der Waals surface area contributed by atoms with E-state index in [1.54, 1.807) is 12.1 Å². The zero-order valence-electron chi connectivity index (χ0n) is 9.90. The highest BCUT2D eigenvalue weighted by molar-refractivity contribution is 6.30. The van der Waals surface area contributed by atoms with Gasteiger partial charge in [0.05, 0.1) is 5.02 Å². The summed E-state index contributed by atoms with van der Waals surface area (Å²) in [5.74, 6) is -0.393. The number of hydrogen-bond acceptors (Lipinski definition) is 2. The van der Waals surface area contributed by atoms with E-state index in [1.807, 2.05) is 0 Å². The molecule has 1 aromatic carbocycles. The van der Waals surface area contributed by atoms with Crippen molar-refractivity contribution >= 4 is 17.3 Å². The van der Waals surface area contributed by atoms with Crippen LogP contribution in [0.1, 0.15) is 20.8 Å². The Hall–Kier alpha value is -0.800. The number of rotatable bonds is 4. The van der Waals surface area contributed by atoms with Gasteiger partial charge >= 0.3 is 0 Å². The van der Waals surface area contributed by atoms with Crippen molar-refractivity contribution in [2.45, 2.75) is 26.3 Å². The van der Waals surface area contributed by atoms with E-state index in [2.05, 4.69) is 31.4 Å². The molecule has 1 rings (SSSR count). The summed E-state index contributed by atoms with van der Waals surface area (Å²) in [6, 6.07) is 4.72. The minimum atomic E-state index is -0.393. The lowest BCUT2D eigenvalue weighted by Gasteiger charge is -2.20. The van der Waals surface area contributed by atoms with E-state index in [0.29, 0.717) is 0 Å². The summed E-state index contributed by atoms with van der Waals surface area (Å²) in [5.41, 5.74) is 0.852. The fourth-order valence-corrected chi connectivity index (χ4v) is 1.37. The van der Waals surface area contributed by atoms with Crippen LogP contribution in [-0.2, 0) is 0 Å². The molecule has 0 saturated carbocycles. The Kier molecular flexibility index (Phi) is 4.56. The fraction of sp³-hybridized carbons (Fsp3) is 0.500. The van der Waals surface area contributed by atoms with E-state index < -0.39 is 5.82 Å². The normalized spacial score (nSPS) is 11.6. The fourth-order valence-electron chi connectivity index (χ4n) is 1.25. The Morgan fingerprint density at radius 2 is 1.94 bits per heavy atom. The zero-order valence-corrected chi connectivity index (χ0v) is 10.7. The molecule has 0 bridgehead atoms. The van der Waals surface area contributed by atoms with E-state index in [-0.39, 0.29) is 10.6 Å². The molecule has 0 heterocycles. The molecule has 0 aliphatic rings. The van der Waals surface area contributed by atoms with Crippen LogP contribution in [-0.4, -0.2) is 18.6 Å². The van der Waals surface area contributed by atoms with Crippen molar-refractivity contribution in [1.82, 2.24) is 5.32 Å². The molecule has 0 unspecified atom stereocenters. The lowest BCUT2D eigenvalue weighted by atomic mass is 10.1. The molecule has 2 N–H and O–H groups in total. The summed E-state index contributed by atoms with van der Waals surface area (Å²) in [6.07, 6.45) is 0. The first kappa shape index (κ1) is 13.3. The van der Waals surface area contributed by atoms with Crippen molar-refractivity contribution in [2.75, 3.05) is 18.4 Å². The molecule has 0 fully saturated rings. The number of halogens is 2. The second-order valence-electron chi connectivity index (χ2n) is 4.73. The van der Waals surface area contributed by atoms with Crippen LogP contribution in [0.25, 0.3) is 0 Å². The first-order chi connectivity index (χ1) is 7.38. The average Bonchev–Trinajstić information content (AvgIpc) is 2.17. The van der Waals surface area contributed by atoms with Gasteiger partial charge in [0.15, 0.2) is 0 Å². The van der Waals surface area contributed by atoms with Gasteiger partial charge in [-0.3, -0.25) is 0 Å². The van der Waals surface area contributed by atoms with Crippen LogP contribution in [0.15, 0.2) is 18.2 Å². The van der Waals surface area contributed by atoms with Crippen molar-refractivity contribution < 1.29 is 4.39 Å². The smallest absolute Gasteiger partial charge is 0.143 e. The molecule has 2 nitrogen and oxygen atoms in total. The summed E-state index contributed by atoms with van der Waals surface area (Å²) < 4.78 is 13.1. The third-order valence-corrected chi connectivity index (χ3v) is 2.34. The molecule has 1 aromatic rings. The maximum absolute atomic E-state index is 13.1. The average molecular weight is 245 g/mol. The van der Waals surface area contributed by atoms with Crippen LogP contribution in [0.3, 0.4) is 0 Å². The van der Waals surface area contributed by atoms with Gasteiger partial charge in [0, 0.05) is 24.3 Å². The molecule has 0 radical (unpaired) electrons. The van der Waals surface area contributed by atoms with Gasteiger partial charge in [-0.2, -0.15) is 0 Å². The van der Waals surface area contributed by atoms with Gasteiger partial charge < -0.3 is 10.6 Å². The van der Waals surface area contributed by atoms with E-state index in [4.69, 9.17) is 11.6 Å². The molecule has 0 atom stereocenters. The molecule has 90 valence electrons. The second-order valence-corrected chi connectivity index (χ2v) is 5.14. The lowest BCUT2D eigenvalue weighted by Crippen LogP contribution is -2.38. The third-order valence-electron chi connectivity index (χ3n) is 2.03. The molecular weight excluding hydrogens is 227 g/mol. The maximum atomic E-state index is 13.1. The van der Waals surface area contributed by atoms with Crippen molar-refractivity contribution in [3.8, 4) is 0 Å². The number of hydrogen-bond donors (Lipinski definition) is 2. The van der Waals surface area contributed by atoms with Gasteiger partial charge in [-0.15, -0.1) is 0 Å². The molecule has 4 heteroatoms. The molecule has 0 aromatic heterocycles. The quantitative estimate of drug-likeness (QED) is 0.795. The topological polar surface area (TPSA) is 24.1 Å². The highest BCUT2D eigenvalue weighted by Crippen LogP contribution is 2.18. The van der Waals surface area contributed by atoms with Crippen LogP contribution in [0.4, 0.5) is 10.1 Å². The Balaban J connectivity index is 2.35. The predicted octanol–water partition coefficient (Wildman–Crippen LogP) is 3.28. The predicted molar refractivity (Wildman–Crippen MR) is 67.7 cm³/mol. The molecule has 0 saturated heterocycles. The van der Waals surface area contributed by atoms with Gasteiger partial charge in [0.25, 0.3) is 0 Å². The Bertz CT molecular complexity index is 347. The highest BCUT2D eigenvalue weighted by Gasteiger charge is 2.07. The first-order valence-electron chi connectivity index (χ1n) is 5.32. The van der Waals surface area contributed by atoms with Crippen LogP contribution < -0.4 is 10.6 Å². The van der Waals surface area contributed by atoms with Crippen LogP contribution in [0.5, 0.6) is 0 Å². The highest BCUT2D eigenvalue weighted by atomic mass is 35.5. The number of nitrogens with one attached hydrogen (secondary N) is 2. The molecule has 0 aliphatic carbocycles. The summed E-state index contributed by atoms with van der Waals surface area (Å²) in [5, 5.41) is 6.61. The summed E-state index contributed by atoms with van der Waals surface area (Å²) in [6.45, 7) is 7.89. The summed E-state index contributed by atoms with van der Waals surface area (Å²) >= 11 is 5.59. The summed E-state index contributed by atoms with van der Waals surface area (Å²) in [4.78, 5) is 0. The van der Waals surface area contributed by atoms with Crippen molar-refractivity contribution in [1.29, 1.82) is 0 Å². The monoisotopic (exact) mass is 244 g/mol. The van der Waals surface area contributed by atoms with Crippen LogP contribution >= 0.6 is 11.6 Å². The standard InChI is InChI=1S/C12H18ClFN2/c1-12(2,3)16-7-6-15-9-4-5-10(13)11(14)8-9/h4-5,8,15-16H,6-7H2,1-3H3. The van der Waals surface area contributed by atoms with Gasteiger partial charge in [-0.1, -0.05) is 11.6 Å². The van der Waals surface area contributed by atoms with Crippen LogP contribution in [0.2, 0.25) is 5.02 Å². The number of anilines is 1. The minimum absolute atomic E-state index is 0.104. The summed E-state index contributed by atoms with van der Waals surface area (Å²) in [7, 11) is 0. The zero-order chi connectivity index (χ0) is 12.2. The van der Waals surface area contributed by atoms with E-state index in [0.717, 1.165) is 18.8 Å². The van der Waals surface area contributed by atoms with Crippen molar-refractivity contribution in [2.24, 2.45) is 0 Å². The number of benzene rings is 1. The van der Waals surface area contributed by atoms with E-state index in [1.165, 1.54) is 6.07 Å². The minimum Gasteiger partial charge on any atom is -0.384 e. The SMILES string of the molecule is CC(C)(C)NCCNc1ccc(Cl)c(F)c1. The van der Waals surface area contributed by atoms with Gasteiger partial charge in [-0.25, -0.2) is 4.39 Å². The molecular formula is C12H18ClFN2. The third kappa shape index (κ3) is 4.81. The van der Waals surface area contributed by atoms with Crippen molar-refractivity contribution in [3.63, 3.8) is 0 Å².